The molecule has 0 aliphatic heterocycles. The molecule has 6 heteroatoms. The molecule has 0 unspecified atom stereocenters. The summed E-state index contributed by atoms with van der Waals surface area (Å²) < 4.78 is 20.0. The smallest absolute Gasteiger partial charge is 0.311 e. The Bertz CT molecular complexity index is 658. The van der Waals surface area contributed by atoms with Gasteiger partial charge >= 0.3 is 5.97 Å². The summed E-state index contributed by atoms with van der Waals surface area (Å²) in [6, 6.07) is 4.80. The van der Waals surface area contributed by atoms with Crippen LogP contribution in [-0.4, -0.2) is 22.0 Å². The maximum atomic E-state index is 13.6. The highest BCUT2D eigenvalue weighted by Gasteiger charge is 2.17. The van der Waals surface area contributed by atoms with E-state index < -0.39 is 11.8 Å². The first-order chi connectivity index (χ1) is 9.17. The summed E-state index contributed by atoms with van der Waals surface area (Å²) >= 11 is 0. The lowest BCUT2D eigenvalue weighted by atomic mass is 10.2. The number of nitrogens with zero attached hydrogens (tertiary/aromatic N) is 3. The average Bonchev–Trinajstić information content (AvgIpc) is 2.70. The Balaban J connectivity index is 2.48. The van der Waals surface area contributed by atoms with E-state index in [0.29, 0.717) is 11.4 Å². The zero-order chi connectivity index (χ0) is 13.8. The Morgan fingerprint density at radius 2 is 2.42 bits per heavy atom. The number of carbonyl (C=O) groups excluding carboxylic acids is 1. The van der Waals surface area contributed by atoms with Crippen LogP contribution in [-0.2, 0) is 22.4 Å². The minimum Gasteiger partial charge on any atom is -0.466 e. The molecule has 0 saturated carbocycles. The zero-order valence-corrected chi connectivity index (χ0v) is 10.4. The van der Waals surface area contributed by atoms with Crippen molar-refractivity contribution in [3.05, 3.63) is 35.5 Å². The largest absolute Gasteiger partial charge is 0.466 e. The zero-order valence-electron chi connectivity index (χ0n) is 10.4. The topological polar surface area (TPSA) is 67.4 Å². The third kappa shape index (κ3) is 2.55. The van der Waals surface area contributed by atoms with Crippen molar-refractivity contribution in [2.75, 3.05) is 6.61 Å². The lowest BCUT2D eigenvalue weighted by Crippen LogP contribution is -2.09. The molecule has 0 radical (unpaired) electrons. The molecule has 0 bridgehead atoms. The number of nitriles is 1. The second-order valence-corrected chi connectivity index (χ2v) is 3.87. The molecule has 0 aliphatic carbocycles. The number of aromatic nitrogens is 2. The average molecular weight is 261 g/mol. The molecule has 0 spiro atoms. The normalized spacial score (nSPS) is 10.4. The number of hydrogen-bond acceptors (Lipinski definition) is 4. The van der Waals surface area contributed by atoms with Crippen LogP contribution in [0, 0.1) is 17.1 Å². The molecule has 2 rings (SSSR count). The Morgan fingerprint density at radius 1 is 1.63 bits per heavy atom. The number of fused-ring (bicyclic) bond motifs is 1. The van der Waals surface area contributed by atoms with Crippen LogP contribution in [0.1, 0.15) is 18.3 Å². The predicted octanol–water partition coefficient (Wildman–Crippen LogP) is 1.65. The van der Waals surface area contributed by atoms with Gasteiger partial charge in [0.05, 0.1) is 36.9 Å². The highest BCUT2D eigenvalue weighted by atomic mass is 19.1. The molecule has 5 nitrogen and oxygen atoms in total. The van der Waals surface area contributed by atoms with Crippen LogP contribution in [0.2, 0.25) is 0 Å². The van der Waals surface area contributed by atoms with E-state index in [1.165, 1.54) is 16.5 Å². The Morgan fingerprint density at radius 3 is 3.11 bits per heavy atom. The number of carbonyl (C=O) groups is 1. The summed E-state index contributed by atoms with van der Waals surface area (Å²) in [5, 5.41) is 8.83. The molecule has 98 valence electrons. The van der Waals surface area contributed by atoms with Crippen molar-refractivity contribution in [1.82, 2.24) is 9.38 Å². The molecule has 2 aromatic heterocycles. The molecule has 0 atom stereocenters. The standard InChI is InChI=1S/C13H12FN3O2/c1-2-19-12(18)8-10-11(5-6-15)17-7-3-4-9(14)13(17)16-10/h3-4,7H,2,5,8H2,1H3. The molecule has 0 fully saturated rings. The van der Waals surface area contributed by atoms with Crippen molar-refractivity contribution in [2.24, 2.45) is 0 Å². The Hall–Kier alpha value is -2.42. The summed E-state index contributed by atoms with van der Waals surface area (Å²) in [6.07, 6.45) is 1.61. The van der Waals surface area contributed by atoms with Crippen molar-refractivity contribution >= 4 is 11.6 Å². The minimum absolute atomic E-state index is 0.0549. The first-order valence-electron chi connectivity index (χ1n) is 5.84. The van der Waals surface area contributed by atoms with Crippen LogP contribution in [0.15, 0.2) is 18.3 Å². The van der Waals surface area contributed by atoms with E-state index in [-0.39, 0.29) is 25.1 Å². The molecule has 0 amide bonds. The monoisotopic (exact) mass is 261 g/mol. The van der Waals surface area contributed by atoms with Gasteiger partial charge in [-0.15, -0.1) is 0 Å². The van der Waals surface area contributed by atoms with Crippen LogP contribution < -0.4 is 0 Å². The van der Waals surface area contributed by atoms with E-state index in [9.17, 15) is 9.18 Å². The molecular weight excluding hydrogens is 249 g/mol. The lowest BCUT2D eigenvalue weighted by Gasteiger charge is -2.01. The van der Waals surface area contributed by atoms with E-state index in [1.807, 2.05) is 6.07 Å². The van der Waals surface area contributed by atoms with Crippen LogP contribution >= 0.6 is 0 Å². The second kappa shape index (κ2) is 5.48. The summed E-state index contributed by atoms with van der Waals surface area (Å²) in [7, 11) is 0. The fraction of sp³-hybridized carbons (Fsp3) is 0.308. The lowest BCUT2D eigenvalue weighted by molar-refractivity contribution is -0.142. The quantitative estimate of drug-likeness (QED) is 0.785. The van der Waals surface area contributed by atoms with Gasteiger partial charge in [-0.05, 0) is 19.1 Å². The molecule has 19 heavy (non-hydrogen) atoms. The first-order valence-corrected chi connectivity index (χ1v) is 5.84. The number of halogens is 1. The second-order valence-electron chi connectivity index (χ2n) is 3.87. The molecule has 0 saturated heterocycles. The predicted molar refractivity (Wildman–Crippen MR) is 64.8 cm³/mol. The molecule has 0 aliphatic rings. The number of pyridine rings is 1. The van der Waals surface area contributed by atoms with E-state index >= 15 is 0 Å². The van der Waals surface area contributed by atoms with Gasteiger partial charge in [0.15, 0.2) is 11.5 Å². The summed E-state index contributed by atoms with van der Waals surface area (Å²) in [5.74, 6) is -0.928. The van der Waals surface area contributed by atoms with Gasteiger partial charge in [0, 0.05) is 6.20 Å². The van der Waals surface area contributed by atoms with Gasteiger partial charge in [-0.3, -0.25) is 4.79 Å². The van der Waals surface area contributed by atoms with Gasteiger partial charge in [-0.25, -0.2) is 9.37 Å². The van der Waals surface area contributed by atoms with Crippen molar-refractivity contribution in [3.8, 4) is 6.07 Å². The van der Waals surface area contributed by atoms with Gasteiger partial charge in [-0.2, -0.15) is 5.26 Å². The third-order valence-corrected chi connectivity index (χ3v) is 2.65. The number of rotatable bonds is 4. The van der Waals surface area contributed by atoms with Gasteiger partial charge in [0.2, 0.25) is 0 Å². The van der Waals surface area contributed by atoms with Crippen molar-refractivity contribution in [3.63, 3.8) is 0 Å². The van der Waals surface area contributed by atoms with Crippen molar-refractivity contribution < 1.29 is 13.9 Å². The van der Waals surface area contributed by atoms with E-state index in [0.717, 1.165) is 0 Å². The van der Waals surface area contributed by atoms with E-state index in [4.69, 9.17) is 10.00 Å². The summed E-state index contributed by atoms with van der Waals surface area (Å²) in [4.78, 5) is 15.6. The van der Waals surface area contributed by atoms with E-state index in [1.54, 1.807) is 13.1 Å². The number of hydrogen-bond donors (Lipinski definition) is 0. The SMILES string of the molecule is CCOC(=O)Cc1nc2c(F)cccn2c1CC#N. The minimum atomic E-state index is -0.489. The summed E-state index contributed by atoms with van der Waals surface area (Å²) in [5.41, 5.74) is 1.02. The van der Waals surface area contributed by atoms with Crippen molar-refractivity contribution in [1.29, 1.82) is 5.26 Å². The van der Waals surface area contributed by atoms with Gasteiger partial charge in [-0.1, -0.05) is 0 Å². The van der Waals surface area contributed by atoms with Crippen LogP contribution in [0.5, 0.6) is 0 Å². The third-order valence-electron chi connectivity index (χ3n) is 2.65. The molecule has 0 N–H and O–H groups in total. The Kier molecular flexibility index (Phi) is 3.76. The molecular formula is C13H12FN3O2. The van der Waals surface area contributed by atoms with Crippen LogP contribution in [0.25, 0.3) is 5.65 Å². The van der Waals surface area contributed by atoms with Gasteiger partial charge < -0.3 is 9.14 Å². The number of ether oxygens (including phenoxy) is 1. The molecule has 0 aromatic carbocycles. The van der Waals surface area contributed by atoms with Gasteiger partial charge in [0.1, 0.15) is 0 Å². The van der Waals surface area contributed by atoms with Crippen LogP contribution in [0.4, 0.5) is 4.39 Å². The fourth-order valence-electron chi connectivity index (χ4n) is 1.88. The maximum absolute atomic E-state index is 13.6. The maximum Gasteiger partial charge on any atom is 0.311 e. The number of imidazole rings is 1. The highest BCUT2D eigenvalue weighted by molar-refractivity contribution is 5.72. The van der Waals surface area contributed by atoms with Gasteiger partial charge in [0.25, 0.3) is 0 Å². The van der Waals surface area contributed by atoms with E-state index in [2.05, 4.69) is 4.98 Å². The van der Waals surface area contributed by atoms with Crippen molar-refractivity contribution in [2.45, 2.75) is 19.8 Å². The fourth-order valence-corrected chi connectivity index (χ4v) is 1.88. The Labute approximate surface area is 109 Å². The first kappa shape index (κ1) is 13.0. The molecule has 2 heterocycles. The van der Waals surface area contributed by atoms with Crippen LogP contribution in [0.3, 0.4) is 0 Å². The summed E-state index contributed by atoms with van der Waals surface area (Å²) in [6.45, 7) is 1.98. The highest BCUT2D eigenvalue weighted by Crippen LogP contribution is 2.16. The number of esters is 1. The molecule has 2 aromatic rings.